The average Bonchev–Trinajstić information content (AvgIpc) is 2.42. The number of halogens is 1. The van der Waals surface area contributed by atoms with Gasteiger partial charge in [0.25, 0.3) is 0 Å². The molecule has 0 atom stereocenters. The van der Waals surface area contributed by atoms with Crippen molar-refractivity contribution in [2.24, 2.45) is 0 Å². The molecule has 0 unspecified atom stereocenters. The van der Waals surface area contributed by atoms with Crippen molar-refractivity contribution in [1.82, 2.24) is 9.97 Å². The Bertz CT molecular complexity index is 830. The Morgan fingerprint density at radius 1 is 1.10 bits per heavy atom. The molecule has 3 N–H and O–H groups in total. The van der Waals surface area contributed by atoms with Crippen molar-refractivity contribution in [3.8, 4) is 0 Å². The number of nitrogen functional groups attached to an aromatic ring is 1. The molecule has 0 amide bonds. The number of anilines is 1. The highest BCUT2D eigenvalue weighted by Crippen LogP contribution is 2.31. The molecule has 4 nitrogen and oxygen atoms in total. The Morgan fingerprint density at radius 3 is 2.55 bits per heavy atom. The predicted molar refractivity (Wildman–Crippen MR) is 82.4 cm³/mol. The zero-order valence-electron chi connectivity index (χ0n) is 10.3. The number of fused-ring (bicyclic) bond motifs is 1. The fraction of sp³-hybridized carbons (Fsp3) is 0. The summed E-state index contributed by atoms with van der Waals surface area (Å²) in [6.45, 7) is 0. The van der Waals surface area contributed by atoms with Crippen molar-refractivity contribution in [3.05, 3.63) is 58.0 Å². The van der Waals surface area contributed by atoms with Gasteiger partial charge in [0.2, 0.25) is 0 Å². The second-order valence-electron chi connectivity index (χ2n) is 4.19. The molecule has 0 saturated heterocycles. The van der Waals surface area contributed by atoms with E-state index in [1.807, 2.05) is 42.5 Å². The SMILES string of the molecule is Nc1nc(=O)[nH]c2ccc(Sc3ccc(Cl)cc3)cc12. The topological polar surface area (TPSA) is 71.8 Å². The maximum absolute atomic E-state index is 11.2. The Labute approximate surface area is 124 Å². The molecule has 0 aliphatic rings. The summed E-state index contributed by atoms with van der Waals surface area (Å²) in [4.78, 5) is 19.7. The highest BCUT2D eigenvalue weighted by atomic mass is 35.5. The van der Waals surface area contributed by atoms with E-state index >= 15 is 0 Å². The first kappa shape index (κ1) is 13.0. The van der Waals surface area contributed by atoms with Crippen LogP contribution in [0.2, 0.25) is 5.02 Å². The van der Waals surface area contributed by atoms with Crippen molar-refractivity contribution >= 4 is 40.1 Å². The van der Waals surface area contributed by atoms with Gasteiger partial charge in [-0.05, 0) is 42.5 Å². The van der Waals surface area contributed by atoms with Gasteiger partial charge in [0, 0.05) is 20.2 Å². The largest absolute Gasteiger partial charge is 0.383 e. The Kier molecular flexibility index (Phi) is 3.38. The zero-order chi connectivity index (χ0) is 14.1. The molecule has 0 radical (unpaired) electrons. The average molecular weight is 304 g/mol. The minimum Gasteiger partial charge on any atom is -0.383 e. The van der Waals surface area contributed by atoms with Gasteiger partial charge in [-0.2, -0.15) is 4.98 Å². The number of rotatable bonds is 2. The molecular weight excluding hydrogens is 294 g/mol. The van der Waals surface area contributed by atoms with Gasteiger partial charge in [-0.1, -0.05) is 23.4 Å². The Morgan fingerprint density at radius 2 is 1.80 bits per heavy atom. The number of nitrogens with one attached hydrogen (secondary N) is 1. The zero-order valence-corrected chi connectivity index (χ0v) is 11.8. The molecule has 20 heavy (non-hydrogen) atoms. The van der Waals surface area contributed by atoms with Crippen molar-refractivity contribution < 1.29 is 0 Å². The van der Waals surface area contributed by atoms with Gasteiger partial charge in [0.15, 0.2) is 0 Å². The lowest BCUT2D eigenvalue weighted by atomic mass is 10.2. The van der Waals surface area contributed by atoms with Crippen LogP contribution in [-0.2, 0) is 0 Å². The standard InChI is InChI=1S/C14H10ClN3OS/c15-8-1-3-9(4-2-8)20-10-5-6-12-11(7-10)13(16)18-14(19)17-12/h1-7H,(H3,16,17,18,19). The van der Waals surface area contributed by atoms with Crippen LogP contribution in [0.3, 0.4) is 0 Å². The third kappa shape index (κ3) is 2.64. The summed E-state index contributed by atoms with van der Waals surface area (Å²) in [6, 6.07) is 13.3. The predicted octanol–water partition coefficient (Wildman–Crippen LogP) is 3.31. The number of nitrogens with two attached hydrogens (primary N) is 1. The first-order valence-electron chi connectivity index (χ1n) is 5.85. The Balaban J connectivity index is 2.00. The first-order valence-corrected chi connectivity index (χ1v) is 7.04. The number of nitrogens with zero attached hydrogens (tertiary/aromatic N) is 1. The minimum atomic E-state index is -0.437. The summed E-state index contributed by atoms with van der Waals surface area (Å²) in [5.41, 5.74) is 6.03. The van der Waals surface area contributed by atoms with Crippen molar-refractivity contribution in [3.63, 3.8) is 0 Å². The molecule has 6 heteroatoms. The van der Waals surface area contributed by atoms with Gasteiger partial charge in [-0.15, -0.1) is 0 Å². The fourth-order valence-corrected chi connectivity index (χ4v) is 2.84. The van der Waals surface area contributed by atoms with Crippen LogP contribution in [0, 0.1) is 0 Å². The highest BCUT2D eigenvalue weighted by molar-refractivity contribution is 7.99. The molecule has 0 aliphatic carbocycles. The molecule has 100 valence electrons. The molecule has 2 aromatic carbocycles. The van der Waals surface area contributed by atoms with Crippen LogP contribution in [0.1, 0.15) is 0 Å². The van der Waals surface area contributed by atoms with Gasteiger partial charge < -0.3 is 10.7 Å². The van der Waals surface area contributed by atoms with E-state index in [0.29, 0.717) is 10.5 Å². The third-order valence-corrected chi connectivity index (χ3v) is 4.03. The van der Waals surface area contributed by atoms with E-state index in [9.17, 15) is 4.79 Å². The molecule has 1 heterocycles. The van der Waals surface area contributed by atoms with Crippen molar-refractivity contribution in [2.75, 3.05) is 5.73 Å². The second-order valence-corrected chi connectivity index (χ2v) is 5.77. The van der Waals surface area contributed by atoms with Crippen molar-refractivity contribution in [2.45, 2.75) is 9.79 Å². The van der Waals surface area contributed by atoms with Crippen LogP contribution in [0.5, 0.6) is 0 Å². The summed E-state index contributed by atoms with van der Waals surface area (Å²) in [7, 11) is 0. The van der Waals surface area contributed by atoms with E-state index in [0.717, 1.165) is 15.2 Å². The molecule has 1 aromatic heterocycles. The first-order chi connectivity index (χ1) is 9.61. The number of hydrogen-bond donors (Lipinski definition) is 2. The number of hydrogen-bond acceptors (Lipinski definition) is 4. The lowest BCUT2D eigenvalue weighted by Gasteiger charge is -2.05. The molecule has 3 rings (SSSR count). The number of aromatic nitrogens is 2. The molecule has 0 bridgehead atoms. The lowest BCUT2D eigenvalue weighted by molar-refractivity contribution is 1.12. The van der Waals surface area contributed by atoms with E-state index in [1.165, 1.54) is 0 Å². The highest BCUT2D eigenvalue weighted by Gasteiger charge is 2.04. The summed E-state index contributed by atoms with van der Waals surface area (Å²) in [5.74, 6) is 0.238. The van der Waals surface area contributed by atoms with E-state index in [4.69, 9.17) is 17.3 Å². The summed E-state index contributed by atoms with van der Waals surface area (Å²) < 4.78 is 0. The van der Waals surface area contributed by atoms with Crippen LogP contribution in [0.15, 0.2) is 57.1 Å². The van der Waals surface area contributed by atoms with Crippen LogP contribution >= 0.6 is 23.4 Å². The van der Waals surface area contributed by atoms with Crippen LogP contribution in [0.25, 0.3) is 10.9 Å². The van der Waals surface area contributed by atoms with Crippen LogP contribution in [0.4, 0.5) is 5.82 Å². The monoisotopic (exact) mass is 303 g/mol. The van der Waals surface area contributed by atoms with Crippen molar-refractivity contribution in [1.29, 1.82) is 0 Å². The third-order valence-electron chi connectivity index (χ3n) is 2.78. The van der Waals surface area contributed by atoms with Gasteiger partial charge in [-0.3, -0.25) is 0 Å². The molecular formula is C14H10ClN3OS. The number of aromatic amines is 1. The molecule has 3 aromatic rings. The maximum Gasteiger partial charge on any atom is 0.347 e. The summed E-state index contributed by atoms with van der Waals surface area (Å²) >= 11 is 7.45. The normalized spacial score (nSPS) is 10.8. The molecule has 0 saturated carbocycles. The lowest BCUT2D eigenvalue weighted by Crippen LogP contribution is -2.12. The smallest absolute Gasteiger partial charge is 0.347 e. The minimum absolute atomic E-state index is 0.238. The summed E-state index contributed by atoms with van der Waals surface area (Å²) in [5, 5.41) is 1.45. The molecule has 0 aliphatic heterocycles. The van der Waals surface area contributed by atoms with Gasteiger partial charge in [-0.25, -0.2) is 4.79 Å². The van der Waals surface area contributed by atoms with Crippen LogP contribution in [-0.4, -0.2) is 9.97 Å². The van der Waals surface area contributed by atoms with Gasteiger partial charge in [0.05, 0.1) is 5.52 Å². The molecule has 0 fully saturated rings. The molecule has 0 spiro atoms. The second kappa shape index (κ2) is 5.19. The van der Waals surface area contributed by atoms with E-state index in [2.05, 4.69) is 9.97 Å². The van der Waals surface area contributed by atoms with Gasteiger partial charge >= 0.3 is 5.69 Å². The van der Waals surface area contributed by atoms with Gasteiger partial charge in [0.1, 0.15) is 5.82 Å². The number of H-pyrrole nitrogens is 1. The van der Waals surface area contributed by atoms with E-state index < -0.39 is 5.69 Å². The fourth-order valence-electron chi connectivity index (χ4n) is 1.86. The van der Waals surface area contributed by atoms with Crippen LogP contribution < -0.4 is 11.4 Å². The maximum atomic E-state index is 11.2. The number of benzene rings is 2. The van der Waals surface area contributed by atoms with E-state index in [-0.39, 0.29) is 5.82 Å². The Hall–Kier alpha value is -1.98. The van der Waals surface area contributed by atoms with E-state index in [1.54, 1.807) is 11.8 Å². The quantitative estimate of drug-likeness (QED) is 0.762. The summed E-state index contributed by atoms with van der Waals surface area (Å²) in [6.07, 6.45) is 0.